The van der Waals surface area contributed by atoms with Gasteiger partial charge in [0, 0.05) is 8.59 Å². The number of carbonyl (C=O) groups is 3. The second-order valence-corrected chi connectivity index (χ2v) is 6.98. The Bertz CT molecular complexity index is 841. The first-order chi connectivity index (χ1) is 12.0. The number of hydrogen-bond donors (Lipinski definition) is 2. The zero-order chi connectivity index (χ0) is 18.0. The summed E-state index contributed by atoms with van der Waals surface area (Å²) < 4.78 is 0.788. The molecule has 0 aromatic heterocycles. The number of carbonyl (C=O) groups excluding carboxylic acids is 3. The van der Waals surface area contributed by atoms with E-state index in [0.29, 0.717) is 16.3 Å². The van der Waals surface area contributed by atoms with Gasteiger partial charge < -0.3 is 0 Å². The molecule has 2 aromatic rings. The Hall–Kier alpha value is -1.97. The SMILES string of the molecule is O=C(NNC1CC(=O)N(c2ccc(Cl)cc2)C1=O)c1ccccc1I. The minimum absolute atomic E-state index is 0.0341. The van der Waals surface area contributed by atoms with E-state index in [2.05, 4.69) is 33.4 Å². The van der Waals surface area contributed by atoms with Crippen molar-refractivity contribution in [1.82, 2.24) is 10.9 Å². The van der Waals surface area contributed by atoms with Crippen LogP contribution in [0.4, 0.5) is 5.69 Å². The van der Waals surface area contributed by atoms with Crippen LogP contribution in [0.2, 0.25) is 5.02 Å². The van der Waals surface area contributed by atoms with E-state index < -0.39 is 11.9 Å². The molecule has 2 aromatic carbocycles. The molecule has 0 spiro atoms. The summed E-state index contributed by atoms with van der Waals surface area (Å²) in [5.74, 6) is -1.13. The van der Waals surface area contributed by atoms with E-state index in [-0.39, 0.29) is 18.2 Å². The minimum Gasteiger partial charge on any atom is -0.287 e. The number of halogens is 2. The van der Waals surface area contributed by atoms with Crippen LogP contribution in [0.5, 0.6) is 0 Å². The summed E-state index contributed by atoms with van der Waals surface area (Å²) in [5, 5.41) is 0.516. The van der Waals surface area contributed by atoms with Gasteiger partial charge in [-0.2, -0.15) is 0 Å². The molecular weight excluding hydrogens is 457 g/mol. The molecule has 0 saturated carbocycles. The molecule has 3 amide bonds. The van der Waals surface area contributed by atoms with Crippen molar-refractivity contribution in [3.05, 3.63) is 62.7 Å². The molecule has 8 heteroatoms. The predicted octanol–water partition coefficient (Wildman–Crippen LogP) is 2.51. The maximum atomic E-state index is 12.5. The second-order valence-electron chi connectivity index (χ2n) is 5.38. The van der Waals surface area contributed by atoms with E-state index >= 15 is 0 Å². The summed E-state index contributed by atoms with van der Waals surface area (Å²) in [6.07, 6.45) is -0.0341. The molecule has 1 aliphatic rings. The molecule has 1 saturated heterocycles. The Labute approximate surface area is 162 Å². The van der Waals surface area contributed by atoms with Crippen molar-refractivity contribution in [1.29, 1.82) is 0 Å². The van der Waals surface area contributed by atoms with Crippen LogP contribution >= 0.6 is 34.2 Å². The Morgan fingerprint density at radius 3 is 2.48 bits per heavy atom. The molecule has 2 N–H and O–H groups in total. The third-order valence-electron chi connectivity index (χ3n) is 3.71. The summed E-state index contributed by atoms with van der Waals surface area (Å²) in [6, 6.07) is 12.7. The first-order valence-corrected chi connectivity index (χ1v) is 8.86. The predicted molar refractivity (Wildman–Crippen MR) is 102 cm³/mol. The smallest absolute Gasteiger partial charge is 0.266 e. The number of hydrogen-bond acceptors (Lipinski definition) is 4. The number of nitrogens with one attached hydrogen (secondary N) is 2. The highest BCUT2D eigenvalue weighted by molar-refractivity contribution is 14.1. The standard InChI is InChI=1S/C17H13ClIN3O3/c18-10-5-7-11(8-6-10)22-15(23)9-14(17(22)25)20-21-16(24)12-3-1-2-4-13(12)19/h1-8,14,20H,9H2,(H,21,24). The second kappa shape index (κ2) is 7.51. The van der Waals surface area contributed by atoms with Crippen LogP contribution in [0.1, 0.15) is 16.8 Å². The Kier molecular flexibility index (Phi) is 5.36. The van der Waals surface area contributed by atoms with Crippen LogP contribution < -0.4 is 15.8 Å². The molecule has 0 bridgehead atoms. The van der Waals surface area contributed by atoms with Gasteiger partial charge in [-0.1, -0.05) is 23.7 Å². The molecule has 1 heterocycles. The van der Waals surface area contributed by atoms with Gasteiger partial charge in [0.05, 0.1) is 17.7 Å². The fraction of sp³-hybridized carbons (Fsp3) is 0.118. The van der Waals surface area contributed by atoms with Crippen molar-refractivity contribution in [2.75, 3.05) is 4.90 Å². The lowest BCUT2D eigenvalue weighted by atomic mass is 10.2. The van der Waals surface area contributed by atoms with Gasteiger partial charge in [-0.05, 0) is 59.0 Å². The highest BCUT2D eigenvalue weighted by Gasteiger charge is 2.39. The Morgan fingerprint density at radius 2 is 1.80 bits per heavy atom. The van der Waals surface area contributed by atoms with Crippen LogP contribution in [-0.2, 0) is 9.59 Å². The van der Waals surface area contributed by atoms with E-state index in [0.717, 1.165) is 8.47 Å². The fourth-order valence-corrected chi connectivity index (χ4v) is 3.23. The number of hydrazine groups is 1. The van der Waals surface area contributed by atoms with Gasteiger partial charge in [0.2, 0.25) is 5.91 Å². The molecule has 1 unspecified atom stereocenters. The van der Waals surface area contributed by atoms with Crippen LogP contribution in [-0.4, -0.2) is 23.8 Å². The Balaban J connectivity index is 1.67. The van der Waals surface area contributed by atoms with Crippen molar-refractivity contribution in [2.45, 2.75) is 12.5 Å². The molecular formula is C17H13ClIN3O3. The monoisotopic (exact) mass is 469 g/mol. The van der Waals surface area contributed by atoms with Gasteiger partial charge in [0.1, 0.15) is 6.04 Å². The summed E-state index contributed by atoms with van der Waals surface area (Å²) in [5.41, 5.74) is 6.10. The van der Waals surface area contributed by atoms with Crippen LogP contribution in [0, 0.1) is 3.57 Å². The van der Waals surface area contributed by atoms with Gasteiger partial charge in [-0.15, -0.1) is 0 Å². The molecule has 25 heavy (non-hydrogen) atoms. The van der Waals surface area contributed by atoms with E-state index in [9.17, 15) is 14.4 Å². The number of benzene rings is 2. The van der Waals surface area contributed by atoms with E-state index in [1.165, 1.54) is 0 Å². The van der Waals surface area contributed by atoms with Crippen molar-refractivity contribution in [2.24, 2.45) is 0 Å². The molecule has 128 valence electrons. The van der Waals surface area contributed by atoms with Crippen LogP contribution in [0.25, 0.3) is 0 Å². The lowest BCUT2D eigenvalue weighted by Crippen LogP contribution is -2.48. The average Bonchev–Trinajstić information content (AvgIpc) is 2.88. The molecule has 3 rings (SSSR count). The number of rotatable bonds is 4. The fourth-order valence-electron chi connectivity index (χ4n) is 2.47. The van der Waals surface area contributed by atoms with E-state index in [4.69, 9.17) is 11.6 Å². The number of amides is 3. The van der Waals surface area contributed by atoms with Gasteiger partial charge in [-0.25, -0.2) is 10.3 Å². The minimum atomic E-state index is -0.812. The molecule has 0 radical (unpaired) electrons. The maximum Gasteiger partial charge on any atom is 0.266 e. The number of nitrogens with zero attached hydrogens (tertiary/aromatic N) is 1. The Morgan fingerprint density at radius 1 is 1.12 bits per heavy atom. The molecule has 0 aliphatic carbocycles. The van der Waals surface area contributed by atoms with Crippen LogP contribution in [0.3, 0.4) is 0 Å². The molecule has 1 aliphatic heterocycles. The van der Waals surface area contributed by atoms with Crippen LogP contribution in [0.15, 0.2) is 48.5 Å². The highest BCUT2D eigenvalue weighted by Crippen LogP contribution is 2.24. The normalized spacial score (nSPS) is 17.0. The van der Waals surface area contributed by atoms with E-state index in [1.54, 1.807) is 36.4 Å². The topological polar surface area (TPSA) is 78.5 Å². The third kappa shape index (κ3) is 3.83. The molecule has 1 atom stereocenters. The summed E-state index contributed by atoms with van der Waals surface area (Å²) in [4.78, 5) is 37.9. The summed E-state index contributed by atoms with van der Waals surface area (Å²) >= 11 is 7.88. The lowest BCUT2D eigenvalue weighted by molar-refractivity contribution is -0.121. The van der Waals surface area contributed by atoms with Crippen molar-refractivity contribution < 1.29 is 14.4 Å². The first-order valence-electron chi connectivity index (χ1n) is 7.40. The number of imide groups is 1. The molecule has 6 nitrogen and oxygen atoms in total. The van der Waals surface area contributed by atoms with Crippen molar-refractivity contribution >= 4 is 57.6 Å². The van der Waals surface area contributed by atoms with Gasteiger partial charge in [0.25, 0.3) is 11.8 Å². The average molecular weight is 470 g/mol. The lowest BCUT2D eigenvalue weighted by Gasteiger charge is -2.16. The third-order valence-corrected chi connectivity index (χ3v) is 4.90. The zero-order valence-electron chi connectivity index (χ0n) is 12.8. The van der Waals surface area contributed by atoms with Gasteiger partial charge >= 0.3 is 0 Å². The quantitative estimate of drug-likeness (QED) is 0.410. The van der Waals surface area contributed by atoms with Gasteiger partial charge in [0.15, 0.2) is 0 Å². The first kappa shape index (κ1) is 17.8. The largest absolute Gasteiger partial charge is 0.287 e. The zero-order valence-corrected chi connectivity index (χ0v) is 15.7. The van der Waals surface area contributed by atoms with Gasteiger partial charge in [-0.3, -0.25) is 19.8 Å². The van der Waals surface area contributed by atoms with Crippen molar-refractivity contribution in [3.8, 4) is 0 Å². The van der Waals surface area contributed by atoms with E-state index in [1.807, 2.05) is 12.1 Å². The highest BCUT2D eigenvalue weighted by atomic mass is 127. The summed E-state index contributed by atoms with van der Waals surface area (Å²) in [6.45, 7) is 0. The maximum absolute atomic E-state index is 12.5. The molecule has 1 fully saturated rings. The number of anilines is 1. The summed E-state index contributed by atoms with van der Waals surface area (Å²) in [7, 11) is 0. The van der Waals surface area contributed by atoms with Crippen molar-refractivity contribution in [3.63, 3.8) is 0 Å².